The Labute approximate surface area is 195 Å². The highest BCUT2D eigenvalue weighted by molar-refractivity contribution is 5.93. The number of pyridine rings is 1. The number of benzene rings is 2. The van der Waals surface area contributed by atoms with Crippen LogP contribution in [0.3, 0.4) is 0 Å². The van der Waals surface area contributed by atoms with Gasteiger partial charge in [0.1, 0.15) is 11.5 Å². The molecule has 2 N–H and O–H groups in total. The van der Waals surface area contributed by atoms with Crippen LogP contribution >= 0.6 is 0 Å². The summed E-state index contributed by atoms with van der Waals surface area (Å²) in [5, 5.41) is 18.7. The van der Waals surface area contributed by atoms with Crippen molar-refractivity contribution >= 4 is 22.7 Å². The molecule has 1 fully saturated rings. The van der Waals surface area contributed by atoms with Crippen LogP contribution in [0.25, 0.3) is 22.2 Å². The molecule has 1 aliphatic rings. The second-order valence-corrected chi connectivity index (χ2v) is 8.25. The van der Waals surface area contributed by atoms with Gasteiger partial charge in [0.05, 0.1) is 37.0 Å². The van der Waals surface area contributed by atoms with Gasteiger partial charge < -0.3 is 19.7 Å². The number of para-hydroxylation sites is 1. The zero-order chi connectivity index (χ0) is 23.7. The number of anilines is 1. The summed E-state index contributed by atoms with van der Waals surface area (Å²) in [5.74, 6) is -0.174. The van der Waals surface area contributed by atoms with E-state index in [1.165, 1.54) is 0 Å². The van der Waals surface area contributed by atoms with E-state index < -0.39 is 5.97 Å². The third kappa shape index (κ3) is 4.06. The minimum absolute atomic E-state index is 0.0532. The largest absolute Gasteiger partial charge is 0.478 e. The van der Waals surface area contributed by atoms with E-state index in [1.807, 2.05) is 31.3 Å². The zero-order valence-electron chi connectivity index (χ0n) is 18.8. The molecule has 3 heterocycles. The van der Waals surface area contributed by atoms with Crippen LogP contribution in [-0.4, -0.2) is 57.4 Å². The third-order valence-electron chi connectivity index (χ3n) is 6.21. The number of rotatable bonds is 6. The maximum Gasteiger partial charge on any atom is 0.335 e. The molecule has 0 spiro atoms. The Hall–Kier alpha value is -3.98. The lowest BCUT2D eigenvalue weighted by Crippen LogP contribution is -2.37. The van der Waals surface area contributed by atoms with Crippen molar-refractivity contribution in [2.24, 2.45) is 0 Å². The lowest BCUT2D eigenvalue weighted by atomic mass is 9.99. The summed E-state index contributed by atoms with van der Waals surface area (Å²) in [5.41, 5.74) is 4.06. The number of ether oxygens (including phenoxy) is 1. The average Bonchev–Trinajstić information content (AvgIpc) is 3.32. The van der Waals surface area contributed by atoms with Gasteiger partial charge >= 0.3 is 5.97 Å². The van der Waals surface area contributed by atoms with Gasteiger partial charge in [-0.15, -0.1) is 5.10 Å². The maximum atomic E-state index is 12.9. The molecule has 2 aromatic carbocycles. The zero-order valence-corrected chi connectivity index (χ0v) is 18.8. The molecule has 34 heavy (non-hydrogen) atoms. The normalized spacial score (nSPS) is 14.0. The Morgan fingerprint density at radius 2 is 1.97 bits per heavy atom. The van der Waals surface area contributed by atoms with Gasteiger partial charge in [-0.25, -0.2) is 9.48 Å². The van der Waals surface area contributed by atoms with Gasteiger partial charge in [0.2, 0.25) is 0 Å². The average molecular weight is 460 g/mol. The van der Waals surface area contributed by atoms with Crippen LogP contribution in [0.5, 0.6) is 0 Å². The van der Waals surface area contributed by atoms with E-state index in [2.05, 4.69) is 20.2 Å². The monoisotopic (exact) mass is 459 g/mol. The molecule has 0 amide bonds. The number of carboxylic acid groups (broad SMARTS) is 1. The first-order chi connectivity index (χ1) is 16.5. The standard InChI is InChI=1S/C25H25N5O4/c1-2-17-16(5-3-6-18(17)25(32)33)14-30-15-21(27-28-30)19-7-4-8-20-22(31)13-23(26-24(19)20)29-9-11-34-12-10-29/h3-8,13,15H,2,9-12,14H2,1H3,(H,26,31)(H,32,33). The molecule has 9 heteroatoms. The molecule has 0 aliphatic carbocycles. The van der Waals surface area contributed by atoms with Gasteiger partial charge in [0, 0.05) is 30.1 Å². The van der Waals surface area contributed by atoms with E-state index in [0.717, 1.165) is 35.6 Å². The molecular formula is C25H25N5O4. The topological polar surface area (TPSA) is 113 Å². The SMILES string of the molecule is CCc1c(Cn2cc(-c3cccc4c(=O)cc(N5CCOCC5)[nH]c34)nn2)cccc1C(=O)O. The van der Waals surface area contributed by atoms with E-state index in [1.54, 1.807) is 28.9 Å². The summed E-state index contributed by atoms with van der Waals surface area (Å²) in [6.45, 7) is 5.02. The minimum atomic E-state index is -0.936. The highest BCUT2D eigenvalue weighted by atomic mass is 16.5. The van der Waals surface area contributed by atoms with Crippen LogP contribution in [-0.2, 0) is 17.7 Å². The van der Waals surface area contributed by atoms with Gasteiger partial charge in [-0.1, -0.05) is 36.4 Å². The number of H-pyrrole nitrogens is 1. The number of morpholine rings is 1. The molecule has 4 aromatic rings. The van der Waals surface area contributed by atoms with Crippen LogP contribution in [0.2, 0.25) is 0 Å². The molecular weight excluding hydrogens is 434 g/mol. The quantitative estimate of drug-likeness (QED) is 0.456. The Balaban J connectivity index is 1.52. The van der Waals surface area contributed by atoms with E-state index in [0.29, 0.717) is 48.3 Å². The highest BCUT2D eigenvalue weighted by Gasteiger charge is 2.17. The fraction of sp³-hybridized carbons (Fsp3) is 0.280. The second-order valence-electron chi connectivity index (χ2n) is 8.25. The van der Waals surface area contributed by atoms with Crippen LogP contribution < -0.4 is 10.3 Å². The smallest absolute Gasteiger partial charge is 0.335 e. The Morgan fingerprint density at radius 1 is 1.18 bits per heavy atom. The van der Waals surface area contributed by atoms with Crippen molar-refractivity contribution in [3.63, 3.8) is 0 Å². The van der Waals surface area contributed by atoms with Crippen molar-refractivity contribution in [3.05, 3.63) is 75.6 Å². The molecule has 0 bridgehead atoms. The lowest BCUT2D eigenvalue weighted by Gasteiger charge is -2.28. The fourth-order valence-corrected chi connectivity index (χ4v) is 4.52. The Kier molecular flexibility index (Phi) is 5.85. The number of hydrogen-bond donors (Lipinski definition) is 2. The van der Waals surface area contributed by atoms with E-state index >= 15 is 0 Å². The van der Waals surface area contributed by atoms with Crippen LogP contribution in [0, 0.1) is 0 Å². The number of hydrogen-bond acceptors (Lipinski definition) is 6. The van der Waals surface area contributed by atoms with E-state index in [4.69, 9.17) is 4.74 Å². The molecule has 0 radical (unpaired) electrons. The molecule has 1 aliphatic heterocycles. The predicted molar refractivity (Wildman–Crippen MR) is 128 cm³/mol. The van der Waals surface area contributed by atoms with Crippen LogP contribution in [0.1, 0.15) is 28.4 Å². The number of carboxylic acids is 1. The summed E-state index contributed by atoms with van der Waals surface area (Å²) in [4.78, 5) is 30.0. The van der Waals surface area contributed by atoms with Gasteiger partial charge in [0.25, 0.3) is 0 Å². The van der Waals surface area contributed by atoms with Crippen molar-refractivity contribution in [1.29, 1.82) is 0 Å². The summed E-state index contributed by atoms with van der Waals surface area (Å²) >= 11 is 0. The number of aromatic nitrogens is 4. The molecule has 9 nitrogen and oxygen atoms in total. The molecule has 0 atom stereocenters. The van der Waals surface area contributed by atoms with Gasteiger partial charge in [-0.05, 0) is 29.7 Å². The predicted octanol–water partition coefficient (Wildman–Crippen LogP) is 2.93. The fourth-order valence-electron chi connectivity index (χ4n) is 4.52. The Morgan fingerprint density at radius 3 is 2.74 bits per heavy atom. The van der Waals surface area contributed by atoms with Crippen LogP contribution in [0.15, 0.2) is 53.5 Å². The first-order valence-corrected chi connectivity index (χ1v) is 11.3. The number of aromatic amines is 1. The van der Waals surface area contributed by atoms with Crippen LogP contribution in [0.4, 0.5) is 5.82 Å². The van der Waals surface area contributed by atoms with Crippen molar-refractivity contribution in [2.45, 2.75) is 19.9 Å². The van der Waals surface area contributed by atoms with E-state index in [9.17, 15) is 14.7 Å². The van der Waals surface area contributed by atoms with Gasteiger partial charge in [0.15, 0.2) is 5.43 Å². The van der Waals surface area contributed by atoms with Crippen molar-refractivity contribution < 1.29 is 14.6 Å². The van der Waals surface area contributed by atoms with Crippen molar-refractivity contribution in [2.75, 3.05) is 31.2 Å². The maximum absolute atomic E-state index is 12.9. The molecule has 0 saturated carbocycles. The number of aromatic carboxylic acids is 1. The number of nitrogens with one attached hydrogen (secondary N) is 1. The summed E-state index contributed by atoms with van der Waals surface area (Å²) < 4.78 is 7.13. The molecule has 0 unspecified atom stereocenters. The molecule has 5 rings (SSSR count). The second kappa shape index (κ2) is 9.11. The van der Waals surface area contributed by atoms with Gasteiger partial charge in [-0.2, -0.15) is 0 Å². The lowest BCUT2D eigenvalue weighted by molar-refractivity contribution is 0.0695. The van der Waals surface area contributed by atoms with Crippen molar-refractivity contribution in [3.8, 4) is 11.3 Å². The molecule has 2 aromatic heterocycles. The summed E-state index contributed by atoms with van der Waals surface area (Å²) in [7, 11) is 0. The first kappa shape index (κ1) is 21.8. The molecule has 1 saturated heterocycles. The first-order valence-electron chi connectivity index (χ1n) is 11.3. The number of fused-ring (bicyclic) bond motifs is 1. The third-order valence-corrected chi connectivity index (χ3v) is 6.21. The summed E-state index contributed by atoms with van der Waals surface area (Å²) in [6, 6.07) is 12.5. The Bertz CT molecular complexity index is 1420. The van der Waals surface area contributed by atoms with E-state index in [-0.39, 0.29) is 5.43 Å². The number of carbonyl (C=O) groups is 1. The highest BCUT2D eigenvalue weighted by Crippen LogP contribution is 2.26. The summed E-state index contributed by atoms with van der Waals surface area (Å²) in [6.07, 6.45) is 2.43. The van der Waals surface area contributed by atoms with Crippen molar-refractivity contribution in [1.82, 2.24) is 20.0 Å². The minimum Gasteiger partial charge on any atom is -0.478 e. The van der Waals surface area contributed by atoms with Gasteiger partial charge in [-0.3, -0.25) is 4.79 Å². The molecule has 174 valence electrons. The number of nitrogens with zero attached hydrogens (tertiary/aromatic N) is 4.